The maximum atomic E-state index is 3.32. The van der Waals surface area contributed by atoms with Crippen LogP contribution in [0.15, 0.2) is 0 Å². The summed E-state index contributed by atoms with van der Waals surface area (Å²) in [5, 5.41) is 3.32. The van der Waals surface area contributed by atoms with Crippen molar-refractivity contribution in [2.75, 3.05) is 13.6 Å². The number of nitrogens with one attached hydrogen (secondary N) is 1. The standard InChI is InChI=1S/C12H26N2/c1-5-11-8-7-10(3)14(11)12(6-2)9-13-4/h10-13H,5-9H2,1-4H3. The molecule has 1 heterocycles. The summed E-state index contributed by atoms with van der Waals surface area (Å²) < 4.78 is 0. The Kier molecular flexibility index (Phi) is 4.90. The van der Waals surface area contributed by atoms with Crippen LogP contribution in [0.25, 0.3) is 0 Å². The normalized spacial score (nSPS) is 30.9. The van der Waals surface area contributed by atoms with E-state index in [9.17, 15) is 0 Å². The smallest absolute Gasteiger partial charge is 0.0223 e. The molecule has 1 N–H and O–H groups in total. The number of nitrogens with zero attached hydrogens (tertiary/aromatic N) is 1. The number of hydrogen-bond acceptors (Lipinski definition) is 2. The average molecular weight is 198 g/mol. The summed E-state index contributed by atoms with van der Waals surface area (Å²) in [7, 11) is 2.06. The summed E-state index contributed by atoms with van der Waals surface area (Å²) in [5.74, 6) is 0. The molecule has 2 heteroatoms. The topological polar surface area (TPSA) is 15.3 Å². The van der Waals surface area contributed by atoms with Crippen LogP contribution in [0, 0.1) is 0 Å². The summed E-state index contributed by atoms with van der Waals surface area (Å²) in [6.07, 6.45) is 5.36. The highest BCUT2D eigenvalue weighted by Crippen LogP contribution is 2.28. The Bertz CT molecular complexity index is 158. The van der Waals surface area contributed by atoms with Gasteiger partial charge in [0.2, 0.25) is 0 Å². The van der Waals surface area contributed by atoms with Gasteiger partial charge in [-0.1, -0.05) is 13.8 Å². The Balaban J connectivity index is 2.60. The van der Waals surface area contributed by atoms with Gasteiger partial charge in [-0.15, -0.1) is 0 Å². The first-order chi connectivity index (χ1) is 6.74. The van der Waals surface area contributed by atoms with Gasteiger partial charge in [0.05, 0.1) is 0 Å². The molecule has 0 spiro atoms. The third-order valence-corrected chi connectivity index (χ3v) is 3.65. The highest BCUT2D eigenvalue weighted by Gasteiger charge is 2.33. The van der Waals surface area contributed by atoms with Crippen LogP contribution in [0.5, 0.6) is 0 Å². The number of likely N-dealkylation sites (tertiary alicyclic amines) is 1. The molecule has 0 aromatic carbocycles. The zero-order chi connectivity index (χ0) is 10.6. The maximum Gasteiger partial charge on any atom is 0.0223 e. The van der Waals surface area contributed by atoms with Gasteiger partial charge in [0.25, 0.3) is 0 Å². The Labute approximate surface area is 89.1 Å². The molecular formula is C12H26N2. The fourth-order valence-electron chi connectivity index (χ4n) is 2.86. The number of hydrogen-bond donors (Lipinski definition) is 1. The van der Waals surface area contributed by atoms with Crippen molar-refractivity contribution in [2.45, 2.75) is 64.6 Å². The van der Waals surface area contributed by atoms with E-state index in [1.165, 1.54) is 25.7 Å². The minimum atomic E-state index is 0.738. The van der Waals surface area contributed by atoms with E-state index >= 15 is 0 Å². The molecule has 0 bridgehead atoms. The zero-order valence-electron chi connectivity index (χ0n) is 10.2. The molecule has 2 nitrogen and oxygen atoms in total. The molecule has 0 aromatic heterocycles. The molecule has 0 aromatic rings. The molecule has 0 amide bonds. The molecule has 0 aliphatic carbocycles. The maximum absolute atomic E-state index is 3.32. The monoisotopic (exact) mass is 198 g/mol. The first kappa shape index (κ1) is 12.0. The summed E-state index contributed by atoms with van der Waals surface area (Å²) >= 11 is 0. The van der Waals surface area contributed by atoms with Crippen LogP contribution in [0.3, 0.4) is 0 Å². The van der Waals surface area contributed by atoms with Crippen LogP contribution in [0.2, 0.25) is 0 Å². The SMILES string of the molecule is CCC1CCC(C)N1C(CC)CNC. The van der Waals surface area contributed by atoms with Gasteiger partial charge in [0.15, 0.2) is 0 Å². The Morgan fingerprint density at radius 3 is 2.57 bits per heavy atom. The van der Waals surface area contributed by atoms with Crippen molar-refractivity contribution >= 4 is 0 Å². The van der Waals surface area contributed by atoms with Crippen molar-refractivity contribution in [3.05, 3.63) is 0 Å². The minimum Gasteiger partial charge on any atom is -0.318 e. The predicted octanol–water partition coefficient (Wildman–Crippen LogP) is 2.25. The van der Waals surface area contributed by atoms with E-state index in [1.54, 1.807) is 0 Å². The number of likely N-dealkylation sites (N-methyl/N-ethyl adjacent to an activating group) is 1. The van der Waals surface area contributed by atoms with E-state index in [1.807, 2.05) is 0 Å². The van der Waals surface area contributed by atoms with Crippen LogP contribution in [-0.2, 0) is 0 Å². The highest BCUT2D eigenvalue weighted by molar-refractivity contribution is 4.89. The lowest BCUT2D eigenvalue weighted by Gasteiger charge is -2.35. The van der Waals surface area contributed by atoms with Crippen molar-refractivity contribution in [1.82, 2.24) is 10.2 Å². The lowest BCUT2D eigenvalue weighted by molar-refractivity contribution is 0.128. The van der Waals surface area contributed by atoms with Gasteiger partial charge in [-0.3, -0.25) is 4.90 Å². The fourth-order valence-corrected chi connectivity index (χ4v) is 2.86. The van der Waals surface area contributed by atoms with E-state index in [4.69, 9.17) is 0 Å². The molecule has 3 unspecified atom stereocenters. The average Bonchev–Trinajstić information content (AvgIpc) is 2.56. The van der Waals surface area contributed by atoms with Crippen LogP contribution in [0.4, 0.5) is 0 Å². The van der Waals surface area contributed by atoms with E-state index in [0.29, 0.717) is 0 Å². The predicted molar refractivity (Wildman–Crippen MR) is 62.6 cm³/mol. The zero-order valence-corrected chi connectivity index (χ0v) is 10.2. The third kappa shape index (κ3) is 2.48. The molecule has 0 radical (unpaired) electrons. The third-order valence-electron chi connectivity index (χ3n) is 3.65. The lowest BCUT2D eigenvalue weighted by atomic mass is 10.1. The lowest BCUT2D eigenvalue weighted by Crippen LogP contribution is -2.47. The summed E-state index contributed by atoms with van der Waals surface area (Å²) in [5.41, 5.74) is 0. The van der Waals surface area contributed by atoms with Crippen LogP contribution >= 0.6 is 0 Å². The Hall–Kier alpha value is -0.0800. The van der Waals surface area contributed by atoms with Crippen LogP contribution in [-0.4, -0.2) is 36.6 Å². The van der Waals surface area contributed by atoms with Crippen molar-refractivity contribution in [1.29, 1.82) is 0 Å². The first-order valence-corrected chi connectivity index (χ1v) is 6.16. The summed E-state index contributed by atoms with van der Waals surface area (Å²) in [6, 6.07) is 2.36. The molecule has 1 aliphatic heterocycles. The quantitative estimate of drug-likeness (QED) is 0.729. The molecule has 0 saturated carbocycles. The van der Waals surface area contributed by atoms with Gasteiger partial charge < -0.3 is 5.32 Å². The summed E-state index contributed by atoms with van der Waals surface area (Å²) in [6.45, 7) is 8.15. The molecule has 84 valence electrons. The Morgan fingerprint density at radius 2 is 2.07 bits per heavy atom. The molecule has 14 heavy (non-hydrogen) atoms. The van der Waals surface area contributed by atoms with Gasteiger partial charge in [0.1, 0.15) is 0 Å². The minimum absolute atomic E-state index is 0.738. The molecule has 1 saturated heterocycles. The molecule has 3 atom stereocenters. The first-order valence-electron chi connectivity index (χ1n) is 6.16. The van der Waals surface area contributed by atoms with Crippen LogP contribution in [0.1, 0.15) is 46.5 Å². The van der Waals surface area contributed by atoms with E-state index in [2.05, 4.69) is 38.0 Å². The number of rotatable bonds is 5. The van der Waals surface area contributed by atoms with Crippen molar-refractivity contribution in [3.63, 3.8) is 0 Å². The second-order valence-electron chi connectivity index (χ2n) is 4.56. The van der Waals surface area contributed by atoms with Gasteiger partial charge in [-0.25, -0.2) is 0 Å². The van der Waals surface area contributed by atoms with Gasteiger partial charge in [-0.05, 0) is 39.7 Å². The summed E-state index contributed by atoms with van der Waals surface area (Å²) in [4.78, 5) is 2.75. The second kappa shape index (κ2) is 5.72. The second-order valence-corrected chi connectivity index (χ2v) is 4.56. The highest BCUT2D eigenvalue weighted by atomic mass is 15.2. The molecule has 1 aliphatic rings. The van der Waals surface area contributed by atoms with E-state index < -0.39 is 0 Å². The molecule has 1 rings (SSSR count). The van der Waals surface area contributed by atoms with Gasteiger partial charge >= 0.3 is 0 Å². The van der Waals surface area contributed by atoms with Crippen molar-refractivity contribution < 1.29 is 0 Å². The van der Waals surface area contributed by atoms with Gasteiger partial charge in [0, 0.05) is 24.7 Å². The van der Waals surface area contributed by atoms with Gasteiger partial charge in [-0.2, -0.15) is 0 Å². The van der Waals surface area contributed by atoms with Crippen molar-refractivity contribution in [2.24, 2.45) is 0 Å². The van der Waals surface area contributed by atoms with E-state index in [0.717, 1.165) is 24.7 Å². The fraction of sp³-hybridized carbons (Fsp3) is 1.00. The Morgan fingerprint density at radius 1 is 1.36 bits per heavy atom. The molecule has 1 fully saturated rings. The van der Waals surface area contributed by atoms with E-state index in [-0.39, 0.29) is 0 Å². The molecular weight excluding hydrogens is 172 g/mol. The van der Waals surface area contributed by atoms with Crippen LogP contribution < -0.4 is 5.32 Å². The van der Waals surface area contributed by atoms with Crippen molar-refractivity contribution in [3.8, 4) is 0 Å². The largest absolute Gasteiger partial charge is 0.318 e.